The van der Waals surface area contributed by atoms with E-state index in [9.17, 15) is 0 Å². The number of pyridine rings is 1. The van der Waals surface area contributed by atoms with E-state index in [0.717, 1.165) is 11.6 Å². The second-order valence-electron chi connectivity index (χ2n) is 9.00. The zero-order valence-corrected chi connectivity index (χ0v) is 16.5. The van der Waals surface area contributed by atoms with Crippen LogP contribution in [0.25, 0.3) is 22.0 Å². The Kier molecular flexibility index (Phi) is 4.34. The van der Waals surface area contributed by atoms with E-state index < -0.39 is 0 Å². The molecule has 1 heteroatoms. The van der Waals surface area contributed by atoms with Crippen molar-refractivity contribution >= 4 is 10.8 Å². The number of hydrogen-bond acceptors (Lipinski definition) is 1. The number of nitrogens with zero attached hydrogens (tertiary/aromatic N) is 1. The zero-order chi connectivity index (χ0) is 18.3. The summed E-state index contributed by atoms with van der Waals surface area (Å²) in [4.78, 5) is 4.77. The van der Waals surface area contributed by atoms with Crippen LogP contribution in [-0.2, 0) is 5.41 Å². The molecule has 1 nitrogen and oxygen atoms in total. The van der Waals surface area contributed by atoms with Crippen molar-refractivity contribution in [2.75, 3.05) is 0 Å². The molecule has 1 aliphatic carbocycles. The molecule has 0 unspecified atom stereocenters. The largest absolute Gasteiger partial charge is 0.256 e. The predicted octanol–water partition coefficient (Wildman–Crippen LogP) is 7.17. The fourth-order valence-electron chi connectivity index (χ4n) is 4.19. The Morgan fingerprint density at radius 1 is 0.885 bits per heavy atom. The predicted molar refractivity (Wildman–Crippen MR) is 112 cm³/mol. The molecule has 1 aromatic heterocycles. The van der Waals surface area contributed by atoms with Gasteiger partial charge in [-0.2, -0.15) is 0 Å². The Morgan fingerprint density at radius 2 is 1.65 bits per heavy atom. The van der Waals surface area contributed by atoms with Crippen molar-refractivity contribution in [3.63, 3.8) is 0 Å². The molecule has 0 N–H and O–H groups in total. The highest BCUT2D eigenvalue weighted by atomic mass is 14.7. The van der Waals surface area contributed by atoms with Crippen molar-refractivity contribution in [3.05, 3.63) is 65.4 Å². The minimum absolute atomic E-state index is 0.146. The molecule has 1 aliphatic rings. The Labute approximate surface area is 157 Å². The first-order valence-corrected chi connectivity index (χ1v) is 9.92. The van der Waals surface area contributed by atoms with Gasteiger partial charge in [0.1, 0.15) is 0 Å². The fourth-order valence-corrected chi connectivity index (χ4v) is 4.19. The van der Waals surface area contributed by atoms with Crippen molar-refractivity contribution in [1.29, 1.82) is 0 Å². The highest BCUT2D eigenvalue weighted by molar-refractivity contribution is 5.86. The smallest absolute Gasteiger partial charge is 0.0708 e. The second kappa shape index (κ2) is 6.54. The molecule has 3 aromatic rings. The molecule has 2 aromatic carbocycles. The zero-order valence-electron chi connectivity index (χ0n) is 16.5. The first kappa shape index (κ1) is 17.3. The second-order valence-corrected chi connectivity index (χ2v) is 9.00. The summed E-state index contributed by atoms with van der Waals surface area (Å²) in [7, 11) is 0. The molecule has 0 aliphatic heterocycles. The van der Waals surface area contributed by atoms with Gasteiger partial charge in [0, 0.05) is 17.1 Å². The van der Waals surface area contributed by atoms with Crippen LogP contribution in [0.2, 0.25) is 0 Å². The topological polar surface area (TPSA) is 12.9 Å². The lowest BCUT2D eigenvalue weighted by molar-refractivity contribution is 0.590. The fraction of sp³-hybridized carbons (Fsp3) is 0.400. The van der Waals surface area contributed by atoms with Crippen LogP contribution in [0.3, 0.4) is 0 Å². The van der Waals surface area contributed by atoms with Crippen LogP contribution in [0.1, 0.15) is 69.1 Å². The van der Waals surface area contributed by atoms with Crippen molar-refractivity contribution in [1.82, 2.24) is 4.98 Å². The van der Waals surface area contributed by atoms with E-state index in [1.165, 1.54) is 58.7 Å². The van der Waals surface area contributed by atoms with Crippen LogP contribution in [0.15, 0.2) is 48.7 Å². The summed E-state index contributed by atoms with van der Waals surface area (Å²) < 4.78 is 0. The number of aryl methyl sites for hydroxylation is 1. The van der Waals surface area contributed by atoms with Crippen LogP contribution in [0, 0.1) is 6.92 Å². The van der Waals surface area contributed by atoms with Gasteiger partial charge in [0.05, 0.1) is 5.69 Å². The molecule has 0 spiro atoms. The van der Waals surface area contributed by atoms with E-state index in [1.807, 2.05) is 6.20 Å². The summed E-state index contributed by atoms with van der Waals surface area (Å²) in [6.07, 6.45) is 7.47. The quantitative estimate of drug-likeness (QED) is 0.481. The number of hydrogen-bond donors (Lipinski definition) is 0. The minimum atomic E-state index is 0.146. The van der Waals surface area contributed by atoms with Crippen LogP contribution >= 0.6 is 0 Å². The molecule has 0 radical (unpaired) electrons. The number of benzene rings is 2. The summed E-state index contributed by atoms with van der Waals surface area (Å²) >= 11 is 0. The molecule has 0 bridgehead atoms. The van der Waals surface area contributed by atoms with Gasteiger partial charge in [0.25, 0.3) is 0 Å². The monoisotopic (exact) mass is 343 g/mol. The summed E-state index contributed by atoms with van der Waals surface area (Å²) in [5.74, 6) is 0.752. The summed E-state index contributed by atoms with van der Waals surface area (Å²) in [6, 6.07) is 16.1. The SMILES string of the molecule is Cc1cc(-c2cc3cc(C4CCCC4)ccc3cn2)cc(C(C)(C)C)c1. The molecular formula is C25H29N. The molecule has 4 rings (SSSR count). The third-order valence-corrected chi connectivity index (χ3v) is 5.81. The van der Waals surface area contributed by atoms with Gasteiger partial charge in [-0.25, -0.2) is 0 Å². The van der Waals surface area contributed by atoms with Crippen LogP contribution < -0.4 is 0 Å². The van der Waals surface area contributed by atoms with Gasteiger partial charge in [-0.15, -0.1) is 0 Å². The molecule has 0 saturated heterocycles. The summed E-state index contributed by atoms with van der Waals surface area (Å²) in [5, 5.41) is 2.55. The van der Waals surface area contributed by atoms with E-state index in [-0.39, 0.29) is 5.41 Å². The number of rotatable bonds is 2. The van der Waals surface area contributed by atoms with Gasteiger partial charge in [0.15, 0.2) is 0 Å². The highest BCUT2D eigenvalue weighted by Crippen LogP contribution is 2.36. The van der Waals surface area contributed by atoms with Gasteiger partial charge in [-0.05, 0) is 65.8 Å². The van der Waals surface area contributed by atoms with Gasteiger partial charge in [-0.1, -0.05) is 63.4 Å². The van der Waals surface area contributed by atoms with Crippen molar-refractivity contribution in [2.45, 2.75) is 64.7 Å². The molecule has 134 valence electrons. The van der Waals surface area contributed by atoms with Crippen molar-refractivity contribution in [3.8, 4) is 11.3 Å². The van der Waals surface area contributed by atoms with E-state index in [0.29, 0.717) is 0 Å². The Balaban J connectivity index is 1.78. The molecule has 1 heterocycles. The normalized spacial score (nSPS) is 15.7. The molecule has 26 heavy (non-hydrogen) atoms. The molecule has 0 atom stereocenters. The lowest BCUT2D eigenvalue weighted by Crippen LogP contribution is -2.11. The van der Waals surface area contributed by atoms with Crippen molar-refractivity contribution in [2.24, 2.45) is 0 Å². The summed E-state index contributed by atoms with van der Waals surface area (Å²) in [5.41, 5.74) is 6.63. The number of fused-ring (bicyclic) bond motifs is 1. The van der Waals surface area contributed by atoms with E-state index in [2.05, 4.69) is 70.2 Å². The Morgan fingerprint density at radius 3 is 2.38 bits per heavy atom. The maximum Gasteiger partial charge on any atom is 0.0708 e. The van der Waals surface area contributed by atoms with Crippen LogP contribution in [-0.4, -0.2) is 4.98 Å². The first-order chi connectivity index (χ1) is 12.4. The van der Waals surface area contributed by atoms with Gasteiger partial charge < -0.3 is 0 Å². The summed E-state index contributed by atoms with van der Waals surface area (Å²) in [6.45, 7) is 8.99. The van der Waals surface area contributed by atoms with Crippen molar-refractivity contribution < 1.29 is 0 Å². The Hall–Kier alpha value is -2.15. The molecule has 0 amide bonds. The highest BCUT2D eigenvalue weighted by Gasteiger charge is 2.18. The van der Waals surface area contributed by atoms with Crippen LogP contribution in [0.5, 0.6) is 0 Å². The maximum atomic E-state index is 4.77. The van der Waals surface area contributed by atoms with E-state index in [4.69, 9.17) is 4.98 Å². The third kappa shape index (κ3) is 3.40. The molecule has 1 saturated carbocycles. The van der Waals surface area contributed by atoms with Gasteiger partial charge in [0.2, 0.25) is 0 Å². The Bertz CT molecular complexity index is 940. The average molecular weight is 344 g/mol. The minimum Gasteiger partial charge on any atom is -0.256 e. The van der Waals surface area contributed by atoms with E-state index >= 15 is 0 Å². The van der Waals surface area contributed by atoms with E-state index in [1.54, 1.807) is 0 Å². The molecule has 1 fully saturated rings. The van der Waals surface area contributed by atoms with Gasteiger partial charge >= 0.3 is 0 Å². The lowest BCUT2D eigenvalue weighted by atomic mass is 9.84. The standard InChI is InChI=1S/C25H29N/c1-17-11-22(14-23(12-17)25(2,3)4)24-15-21-13-19(18-7-5-6-8-18)9-10-20(21)16-26-24/h9-16,18H,5-8H2,1-4H3. The third-order valence-electron chi connectivity index (χ3n) is 5.81. The number of aromatic nitrogens is 1. The lowest BCUT2D eigenvalue weighted by Gasteiger charge is -2.21. The first-order valence-electron chi connectivity index (χ1n) is 9.92. The maximum absolute atomic E-state index is 4.77. The average Bonchev–Trinajstić information content (AvgIpc) is 3.14. The molecular weight excluding hydrogens is 314 g/mol. The van der Waals surface area contributed by atoms with Crippen LogP contribution in [0.4, 0.5) is 0 Å². The van der Waals surface area contributed by atoms with Gasteiger partial charge in [-0.3, -0.25) is 4.98 Å².